The highest BCUT2D eigenvalue weighted by Gasteiger charge is 2.12. The summed E-state index contributed by atoms with van der Waals surface area (Å²) in [5, 5.41) is 15.1. The van der Waals surface area contributed by atoms with E-state index in [2.05, 4.69) is 5.16 Å². The summed E-state index contributed by atoms with van der Waals surface area (Å²) in [6, 6.07) is 9.96. The van der Waals surface area contributed by atoms with Crippen molar-refractivity contribution in [1.29, 1.82) is 0 Å². The molecule has 0 saturated carbocycles. The minimum Gasteiger partial charge on any atom is -0.507 e. The topological polar surface area (TPSA) is 58.9 Å². The Bertz CT molecular complexity index is 576. The number of aromatic hydroxyl groups is 1. The molecule has 0 atom stereocenters. The number of thiophene rings is 1. The molecule has 2 aromatic rings. The van der Waals surface area contributed by atoms with Gasteiger partial charge in [0.1, 0.15) is 11.3 Å². The number of phenols is 1. The van der Waals surface area contributed by atoms with Crippen LogP contribution in [0.25, 0.3) is 0 Å². The molecule has 0 aliphatic heterocycles. The van der Waals surface area contributed by atoms with Gasteiger partial charge in [-0.3, -0.25) is 0 Å². The molecular formula is C13H11NO3S. The summed E-state index contributed by atoms with van der Waals surface area (Å²) in [4.78, 5) is 17.4. The molecule has 1 aromatic carbocycles. The fourth-order valence-corrected chi connectivity index (χ4v) is 2.00. The van der Waals surface area contributed by atoms with Gasteiger partial charge in [0.2, 0.25) is 0 Å². The van der Waals surface area contributed by atoms with E-state index in [4.69, 9.17) is 4.84 Å². The van der Waals surface area contributed by atoms with Crippen molar-refractivity contribution in [3.05, 3.63) is 52.2 Å². The molecule has 0 radical (unpaired) electrons. The van der Waals surface area contributed by atoms with Crippen LogP contribution >= 0.6 is 11.3 Å². The average molecular weight is 261 g/mol. The van der Waals surface area contributed by atoms with Gasteiger partial charge in [-0.25, -0.2) is 4.79 Å². The highest BCUT2D eigenvalue weighted by molar-refractivity contribution is 7.12. The number of rotatable bonds is 3. The van der Waals surface area contributed by atoms with Crippen LogP contribution in [0.5, 0.6) is 5.75 Å². The van der Waals surface area contributed by atoms with Crippen LogP contribution in [-0.2, 0) is 4.84 Å². The van der Waals surface area contributed by atoms with Crippen molar-refractivity contribution in [1.82, 2.24) is 0 Å². The predicted molar refractivity (Wildman–Crippen MR) is 70.1 cm³/mol. The Kier molecular flexibility index (Phi) is 3.74. The zero-order valence-electron chi connectivity index (χ0n) is 9.66. The maximum Gasteiger partial charge on any atom is 0.369 e. The van der Waals surface area contributed by atoms with E-state index in [-0.39, 0.29) is 11.3 Å². The van der Waals surface area contributed by atoms with Gasteiger partial charge < -0.3 is 9.94 Å². The molecule has 4 nitrogen and oxygen atoms in total. The summed E-state index contributed by atoms with van der Waals surface area (Å²) >= 11 is 1.51. The van der Waals surface area contributed by atoms with Crippen molar-refractivity contribution < 1.29 is 14.7 Å². The highest BCUT2D eigenvalue weighted by atomic mass is 32.1. The van der Waals surface area contributed by atoms with Gasteiger partial charge in [0.05, 0.1) is 10.6 Å². The van der Waals surface area contributed by atoms with Gasteiger partial charge in [-0.2, -0.15) is 0 Å². The minimum absolute atomic E-state index is 0.0974. The van der Waals surface area contributed by atoms with Crippen LogP contribution < -0.4 is 0 Å². The van der Waals surface area contributed by atoms with E-state index in [1.165, 1.54) is 23.5 Å². The second kappa shape index (κ2) is 5.46. The van der Waals surface area contributed by atoms with Crippen molar-refractivity contribution in [3.8, 4) is 5.75 Å². The van der Waals surface area contributed by atoms with Crippen LogP contribution in [0.1, 0.15) is 22.2 Å². The molecule has 18 heavy (non-hydrogen) atoms. The first-order valence-corrected chi connectivity index (χ1v) is 6.14. The number of carbonyl (C=O) groups excluding carboxylic acids is 1. The fourth-order valence-electron chi connectivity index (χ4n) is 1.33. The number of oxime groups is 1. The van der Waals surface area contributed by atoms with E-state index < -0.39 is 5.97 Å². The predicted octanol–water partition coefficient (Wildman–Crippen LogP) is 3.03. The van der Waals surface area contributed by atoms with Crippen LogP contribution in [0.3, 0.4) is 0 Å². The molecule has 1 heterocycles. The molecule has 1 N–H and O–H groups in total. The normalized spacial score (nSPS) is 11.3. The van der Waals surface area contributed by atoms with Crippen molar-refractivity contribution >= 4 is 23.0 Å². The maximum atomic E-state index is 11.7. The number of hydrogen-bond acceptors (Lipinski definition) is 5. The lowest BCUT2D eigenvalue weighted by Gasteiger charge is -2.01. The average Bonchev–Trinajstić information content (AvgIpc) is 2.90. The van der Waals surface area contributed by atoms with E-state index >= 15 is 0 Å². The number of carbonyl (C=O) groups is 1. The first kappa shape index (κ1) is 12.3. The Morgan fingerprint density at radius 2 is 2.06 bits per heavy atom. The van der Waals surface area contributed by atoms with E-state index in [1.807, 2.05) is 17.5 Å². The number of nitrogens with zero attached hydrogens (tertiary/aromatic N) is 1. The molecule has 5 heteroatoms. The smallest absolute Gasteiger partial charge is 0.369 e. The van der Waals surface area contributed by atoms with E-state index in [1.54, 1.807) is 19.1 Å². The number of hydrogen-bond donors (Lipinski definition) is 1. The van der Waals surface area contributed by atoms with Gasteiger partial charge in [0, 0.05) is 0 Å². The van der Waals surface area contributed by atoms with Crippen molar-refractivity contribution in [2.45, 2.75) is 6.92 Å². The Morgan fingerprint density at radius 3 is 2.72 bits per heavy atom. The van der Waals surface area contributed by atoms with Gasteiger partial charge >= 0.3 is 5.97 Å². The van der Waals surface area contributed by atoms with E-state index in [9.17, 15) is 9.90 Å². The summed E-state index contributed by atoms with van der Waals surface area (Å²) in [6.45, 7) is 1.75. The zero-order chi connectivity index (χ0) is 13.0. The van der Waals surface area contributed by atoms with Crippen LogP contribution in [0, 0.1) is 0 Å². The van der Waals surface area contributed by atoms with Gasteiger partial charge in [-0.1, -0.05) is 23.4 Å². The number of para-hydroxylation sites is 1. The zero-order valence-corrected chi connectivity index (χ0v) is 10.5. The maximum absolute atomic E-state index is 11.7. The Morgan fingerprint density at radius 1 is 1.28 bits per heavy atom. The first-order valence-electron chi connectivity index (χ1n) is 5.26. The Balaban J connectivity index is 2.09. The molecule has 0 amide bonds. The quantitative estimate of drug-likeness (QED) is 0.525. The molecule has 2 rings (SSSR count). The largest absolute Gasteiger partial charge is 0.507 e. The second-order valence-electron chi connectivity index (χ2n) is 3.55. The molecular weight excluding hydrogens is 250 g/mol. The molecule has 92 valence electrons. The second-order valence-corrected chi connectivity index (χ2v) is 4.50. The fraction of sp³-hybridized carbons (Fsp3) is 0.0769. The van der Waals surface area contributed by atoms with Crippen LogP contribution in [0.15, 0.2) is 46.9 Å². The van der Waals surface area contributed by atoms with E-state index in [0.717, 1.165) is 4.88 Å². The molecule has 0 unspecified atom stereocenters. The summed E-state index contributed by atoms with van der Waals surface area (Å²) < 4.78 is 0. The Hall–Kier alpha value is -2.14. The molecule has 0 bridgehead atoms. The van der Waals surface area contributed by atoms with Gasteiger partial charge in [-0.05, 0) is 30.5 Å². The SMILES string of the molecule is CC(=NOC(=O)c1ccccc1O)c1cccs1. The number of benzene rings is 1. The summed E-state index contributed by atoms with van der Waals surface area (Å²) in [6.07, 6.45) is 0. The standard InChI is InChI=1S/C13H11NO3S/c1-9(12-7-4-8-18-12)14-17-13(16)10-5-2-3-6-11(10)15/h2-8,15H,1H3. The van der Waals surface area contributed by atoms with Crippen LogP contribution in [0.4, 0.5) is 0 Å². The van der Waals surface area contributed by atoms with E-state index in [0.29, 0.717) is 5.71 Å². The molecule has 0 saturated heterocycles. The summed E-state index contributed by atoms with van der Waals surface area (Å²) in [5.41, 5.74) is 0.717. The van der Waals surface area contributed by atoms with Crippen molar-refractivity contribution in [3.63, 3.8) is 0 Å². The lowest BCUT2D eigenvalue weighted by molar-refractivity contribution is 0.0513. The Labute approximate surface area is 108 Å². The van der Waals surface area contributed by atoms with Gasteiger partial charge in [0.15, 0.2) is 0 Å². The third-order valence-electron chi connectivity index (χ3n) is 2.27. The van der Waals surface area contributed by atoms with Crippen LogP contribution in [-0.4, -0.2) is 16.8 Å². The first-order chi connectivity index (χ1) is 8.68. The van der Waals surface area contributed by atoms with Gasteiger partial charge in [-0.15, -0.1) is 11.3 Å². The highest BCUT2D eigenvalue weighted by Crippen LogP contribution is 2.17. The number of phenolic OH excluding ortho intramolecular Hbond substituents is 1. The third kappa shape index (κ3) is 2.75. The van der Waals surface area contributed by atoms with Crippen molar-refractivity contribution in [2.75, 3.05) is 0 Å². The third-order valence-corrected chi connectivity index (χ3v) is 3.25. The molecule has 0 fully saturated rings. The molecule has 0 spiro atoms. The summed E-state index contributed by atoms with van der Waals surface area (Å²) in [5.74, 6) is -0.796. The molecule has 0 aliphatic carbocycles. The monoisotopic (exact) mass is 261 g/mol. The lowest BCUT2D eigenvalue weighted by atomic mass is 10.2. The molecule has 1 aromatic heterocycles. The summed E-state index contributed by atoms with van der Waals surface area (Å²) in [7, 11) is 0. The molecule has 0 aliphatic rings. The van der Waals surface area contributed by atoms with Crippen molar-refractivity contribution in [2.24, 2.45) is 5.16 Å². The minimum atomic E-state index is -0.677. The van der Waals surface area contributed by atoms with Crippen LogP contribution in [0.2, 0.25) is 0 Å². The lowest BCUT2D eigenvalue weighted by Crippen LogP contribution is -2.03. The van der Waals surface area contributed by atoms with Gasteiger partial charge in [0.25, 0.3) is 0 Å².